The molecule has 3 aromatic rings. The molecule has 8 heteroatoms. The van der Waals surface area contributed by atoms with Crippen molar-refractivity contribution in [3.8, 4) is 11.5 Å². The normalized spacial score (nSPS) is 17.0. The molecule has 0 saturated carbocycles. The van der Waals surface area contributed by atoms with E-state index in [0.29, 0.717) is 34.4 Å². The smallest absolute Gasteiger partial charge is 0.269 e. The van der Waals surface area contributed by atoms with Gasteiger partial charge in [-0.15, -0.1) is 11.3 Å². The van der Waals surface area contributed by atoms with Gasteiger partial charge in [0.05, 0.1) is 18.4 Å². The zero-order valence-corrected chi connectivity index (χ0v) is 17.6. The third-order valence-corrected chi connectivity index (χ3v) is 6.65. The lowest BCUT2D eigenvalue weighted by atomic mass is 9.95. The molecular formula is C23H22N2O5S. The number of hydrogen-bond acceptors (Lipinski definition) is 6. The summed E-state index contributed by atoms with van der Waals surface area (Å²) in [6.45, 7) is 0.411. The van der Waals surface area contributed by atoms with Crippen molar-refractivity contribution >= 4 is 28.2 Å². The number of carbonyl (C=O) groups excluding carboxylic acids is 2. The van der Waals surface area contributed by atoms with Crippen LogP contribution in [-0.2, 0) is 24.2 Å². The van der Waals surface area contributed by atoms with Crippen molar-refractivity contribution < 1.29 is 23.5 Å². The summed E-state index contributed by atoms with van der Waals surface area (Å²) in [5.41, 5.74) is 1.59. The predicted molar refractivity (Wildman–Crippen MR) is 116 cm³/mol. The van der Waals surface area contributed by atoms with E-state index in [4.69, 9.17) is 13.9 Å². The number of anilines is 1. The number of furan rings is 1. The number of para-hydroxylation sites is 2. The molecule has 0 fully saturated rings. The second-order valence-corrected chi connectivity index (χ2v) is 8.64. The number of carbonyl (C=O) groups is 2. The summed E-state index contributed by atoms with van der Waals surface area (Å²) in [5.74, 6) is 1.30. The number of aryl methyl sites for hydroxylation is 1. The number of ether oxygens (including phenoxy) is 2. The van der Waals surface area contributed by atoms with Crippen LogP contribution in [0, 0.1) is 0 Å². The minimum Gasteiger partial charge on any atom is -0.485 e. The Morgan fingerprint density at radius 2 is 1.90 bits per heavy atom. The molecule has 3 heterocycles. The lowest BCUT2D eigenvalue weighted by Crippen LogP contribution is -2.40. The molecule has 0 radical (unpaired) electrons. The van der Waals surface area contributed by atoms with Crippen LogP contribution in [0.25, 0.3) is 0 Å². The van der Waals surface area contributed by atoms with E-state index >= 15 is 0 Å². The lowest BCUT2D eigenvalue weighted by Gasteiger charge is -2.25. The van der Waals surface area contributed by atoms with Crippen LogP contribution in [0.1, 0.15) is 39.4 Å². The summed E-state index contributed by atoms with van der Waals surface area (Å²) in [6.07, 6.45) is 4.67. The number of hydrogen-bond donors (Lipinski definition) is 2. The molecule has 0 spiro atoms. The molecule has 2 aromatic heterocycles. The van der Waals surface area contributed by atoms with Gasteiger partial charge in [0.2, 0.25) is 6.10 Å². The highest BCUT2D eigenvalue weighted by Gasteiger charge is 2.31. The van der Waals surface area contributed by atoms with Crippen LogP contribution in [0.3, 0.4) is 0 Å². The molecule has 0 saturated heterocycles. The van der Waals surface area contributed by atoms with Crippen LogP contribution in [0.5, 0.6) is 11.5 Å². The molecule has 5 rings (SSSR count). The maximum Gasteiger partial charge on any atom is 0.269 e. The van der Waals surface area contributed by atoms with E-state index in [1.165, 1.54) is 11.3 Å². The van der Waals surface area contributed by atoms with Crippen molar-refractivity contribution in [1.82, 2.24) is 5.32 Å². The van der Waals surface area contributed by atoms with E-state index in [9.17, 15) is 9.59 Å². The number of amides is 2. The first-order chi connectivity index (χ1) is 15.2. The number of fused-ring (bicyclic) bond motifs is 2. The minimum atomic E-state index is -0.784. The van der Waals surface area contributed by atoms with Gasteiger partial charge in [0.15, 0.2) is 11.5 Å². The number of nitrogens with one attached hydrogen (secondary N) is 2. The van der Waals surface area contributed by atoms with Crippen LogP contribution in [0.15, 0.2) is 47.1 Å². The Kier molecular flexibility index (Phi) is 5.38. The Labute approximate surface area is 183 Å². The average Bonchev–Trinajstić information content (AvgIpc) is 3.44. The fourth-order valence-corrected chi connectivity index (χ4v) is 5.19. The summed E-state index contributed by atoms with van der Waals surface area (Å²) >= 11 is 1.48. The maximum absolute atomic E-state index is 13.1. The summed E-state index contributed by atoms with van der Waals surface area (Å²) in [6, 6.07) is 10.8. The van der Waals surface area contributed by atoms with Crippen molar-refractivity contribution in [3.05, 3.63) is 64.4 Å². The van der Waals surface area contributed by atoms with Crippen LogP contribution in [-0.4, -0.2) is 24.5 Å². The van der Waals surface area contributed by atoms with Crippen molar-refractivity contribution in [3.63, 3.8) is 0 Å². The Morgan fingerprint density at radius 1 is 1.06 bits per heavy atom. The number of thiophene rings is 1. The molecule has 1 atom stereocenters. The average molecular weight is 439 g/mol. The van der Waals surface area contributed by atoms with Gasteiger partial charge in [-0.05, 0) is 55.5 Å². The highest BCUT2D eigenvalue weighted by atomic mass is 32.1. The maximum atomic E-state index is 13.1. The van der Waals surface area contributed by atoms with Gasteiger partial charge in [0.1, 0.15) is 17.4 Å². The second kappa shape index (κ2) is 8.47. The van der Waals surface area contributed by atoms with E-state index in [1.807, 2.05) is 18.2 Å². The molecule has 2 aliphatic rings. The molecule has 31 heavy (non-hydrogen) atoms. The largest absolute Gasteiger partial charge is 0.485 e. The van der Waals surface area contributed by atoms with E-state index in [1.54, 1.807) is 24.5 Å². The van der Waals surface area contributed by atoms with E-state index in [-0.39, 0.29) is 18.4 Å². The molecule has 7 nitrogen and oxygen atoms in total. The zero-order chi connectivity index (χ0) is 21.2. The van der Waals surface area contributed by atoms with Gasteiger partial charge in [-0.3, -0.25) is 9.59 Å². The first kappa shape index (κ1) is 19.7. The second-order valence-electron chi connectivity index (χ2n) is 7.53. The van der Waals surface area contributed by atoms with E-state index in [0.717, 1.165) is 36.1 Å². The van der Waals surface area contributed by atoms with Gasteiger partial charge in [-0.1, -0.05) is 12.1 Å². The van der Waals surface area contributed by atoms with Crippen molar-refractivity contribution in [2.24, 2.45) is 0 Å². The summed E-state index contributed by atoms with van der Waals surface area (Å²) in [7, 11) is 0. The zero-order valence-electron chi connectivity index (χ0n) is 16.8. The van der Waals surface area contributed by atoms with E-state index < -0.39 is 6.10 Å². The number of benzene rings is 1. The molecule has 1 aromatic carbocycles. The van der Waals surface area contributed by atoms with Crippen molar-refractivity contribution in [2.75, 3.05) is 11.9 Å². The minimum absolute atomic E-state index is 0.119. The molecule has 1 unspecified atom stereocenters. The highest BCUT2D eigenvalue weighted by molar-refractivity contribution is 7.17. The SMILES string of the molecule is O=C(NCc1ccco1)c1c(NC(=O)C2COc3ccccc3O2)sc2c1CCCC2. The third-order valence-electron chi connectivity index (χ3n) is 5.44. The van der Waals surface area contributed by atoms with Crippen LogP contribution in [0.4, 0.5) is 5.00 Å². The van der Waals surface area contributed by atoms with Gasteiger partial charge in [0, 0.05) is 4.88 Å². The Hall–Kier alpha value is -3.26. The predicted octanol–water partition coefficient (Wildman–Crippen LogP) is 3.93. The van der Waals surface area contributed by atoms with Crippen LogP contribution >= 0.6 is 11.3 Å². The Bertz CT molecular complexity index is 1110. The van der Waals surface area contributed by atoms with Gasteiger partial charge >= 0.3 is 0 Å². The highest BCUT2D eigenvalue weighted by Crippen LogP contribution is 2.39. The summed E-state index contributed by atoms with van der Waals surface area (Å²) in [5, 5.41) is 6.41. The lowest BCUT2D eigenvalue weighted by molar-refractivity contribution is -0.125. The fourth-order valence-electron chi connectivity index (χ4n) is 3.90. The fraction of sp³-hybridized carbons (Fsp3) is 0.304. The van der Waals surface area contributed by atoms with Crippen molar-refractivity contribution in [1.29, 1.82) is 0 Å². The molecule has 2 N–H and O–H groups in total. The first-order valence-corrected chi connectivity index (χ1v) is 11.1. The van der Waals surface area contributed by atoms with Gasteiger partial charge in [-0.2, -0.15) is 0 Å². The van der Waals surface area contributed by atoms with Gasteiger partial charge in [0.25, 0.3) is 11.8 Å². The third kappa shape index (κ3) is 4.03. The van der Waals surface area contributed by atoms with Crippen molar-refractivity contribution in [2.45, 2.75) is 38.3 Å². The molecular weight excluding hydrogens is 416 g/mol. The monoisotopic (exact) mass is 438 g/mol. The first-order valence-electron chi connectivity index (χ1n) is 10.3. The number of rotatable bonds is 5. The van der Waals surface area contributed by atoms with E-state index in [2.05, 4.69) is 10.6 Å². The molecule has 160 valence electrons. The molecule has 0 bridgehead atoms. The summed E-state index contributed by atoms with van der Waals surface area (Å²) in [4.78, 5) is 27.2. The quantitative estimate of drug-likeness (QED) is 0.630. The Balaban J connectivity index is 1.35. The van der Waals surface area contributed by atoms with Crippen LogP contribution in [0.2, 0.25) is 0 Å². The molecule has 2 amide bonds. The van der Waals surface area contributed by atoms with Gasteiger partial charge in [-0.25, -0.2) is 0 Å². The van der Waals surface area contributed by atoms with Gasteiger partial charge < -0.3 is 24.5 Å². The molecule has 1 aliphatic carbocycles. The topological polar surface area (TPSA) is 89.8 Å². The Morgan fingerprint density at radius 3 is 2.74 bits per heavy atom. The standard InChI is InChI=1S/C23H22N2O5S/c26-21(18-13-29-16-8-2-3-9-17(16)30-18)25-23-20(15-7-1-4-10-19(15)31-23)22(27)24-12-14-6-5-11-28-14/h2-3,5-6,8-9,11,18H,1,4,7,10,12-13H2,(H,24,27)(H,25,26). The summed E-state index contributed by atoms with van der Waals surface area (Å²) < 4.78 is 16.8. The van der Waals surface area contributed by atoms with Crippen LogP contribution < -0.4 is 20.1 Å². The molecule has 1 aliphatic heterocycles.